The van der Waals surface area contributed by atoms with Crippen LogP contribution in [0.25, 0.3) is 0 Å². The number of likely N-dealkylation sites (tertiary alicyclic amines) is 2. The molecule has 8 heteroatoms. The summed E-state index contributed by atoms with van der Waals surface area (Å²) in [5.41, 5.74) is 0.828. The average Bonchev–Trinajstić information content (AvgIpc) is 2.97. The van der Waals surface area contributed by atoms with Crippen LogP contribution in [0.2, 0.25) is 5.02 Å². The zero-order valence-corrected chi connectivity index (χ0v) is 18.4. The molecule has 1 N–H and O–H groups in total. The Hall–Kier alpha value is -1.99. The number of carbonyl (C=O) groups excluding carboxylic acids is 1. The molecule has 0 aliphatic carbocycles. The van der Waals surface area contributed by atoms with Crippen molar-refractivity contribution in [2.24, 2.45) is 5.41 Å². The molecule has 7 nitrogen and oxygen atoms in total. The van der Waals surface area contributed by atoms with E-state index in [0.29, 0.717) is 25.9 Å². The van der Waals surface area contributed by atoms with Crippen molar-refractivity contribution in [3.05, 3.63) is 29.3 Å². The molecule has 3 heterocycles. The predicted molar refractivity (Wildman–Crippen MR) is 117 cm³/mol. The lowest BCUT2D eigenvalue weighted by Gasteiger charge is -2.37. The summed E-state index contributed by atoms with van der Waals surface area (Å²) in [4.78, 5) is 32.4. The Balaban J connectivity index is 1.27. The van der Waals surface area contributed by atoms with Crippen LogP contribution in [0.15, 0.2) is 24.3 Å². The number of benzene rings is 1. The standard InChI is InChI=1S/C22H31ClN4O3/c1-24-19(16-22(20(24)28)6-9-27(10-7-22)21(29)30)5-8-25-11-13-26(14-12-25)18-4-2-3-17(23)15-18/h2-4,15,19H,5-14,16H2,1H3,(H,29,30)/t19-/m0/s1. The monoisotopic (exact) mass is 434 g/mol. The van der Waals surface area contributed by atoms with Crippen LogP contribution in [0.3, 0.4) is 0 Å². The highest BCUT2D eigenvalue weighted by Gasteiger charge is 2.51. The minimum atomic E-state index is -0.878. The number of carboxylic acid groups (broad SMARTS) is 1. The van der Waals surface area contributed by atoms with Crippen molar-refractivity contribution in [2.75, 3.05) is 57.8 Å². The number of hydrogen-bond donors (Lipinski definition) is 1. The lowest BCUT2D eigenvalue weighted by Crippen LogP contribution is -2.47. The smallest absolute Gasteiger partial charge is 0.407 e. The molecule has 1 aromatic rings. The Morgan fingerprint density at radius 1 is 1.17 bits per heavy atom. The third-order valence-electron chi connectivity index (χ3n) is 7.26. The molecule has 1 aromatic carbocycles. The van der Waals surface area contributed by atoms with Gasteiger partial charge in [0.15, 0.2) is 0 Å². The van der Waals surface area contributed by atoms with E-state index in [9.17, 15) is 14.7 Å². The minimum Gasteiger partial charge on any atom is -0.465 e. The van der Waals surface area contributed by atoms with Gasteiger partial charge >= 0.3 is 6.09 Å². The van der Waals surface area contributed by atoms with E-state index >= 15 is 0 Å². The van der Waals surface area contributed by atoms with E-state index in [-0.39, 0.29) is 17.4 Å². The number of rotatable bonds is 4. The van der Waals surface area contributed by atoms with Gasteiger partial charge in [-0.15, -0.1) is 0 Å². The quantitative estimate of drug-likeness (QED) is 0.789. The first kappa shape index (κ1) is 21.2. The summed E-state index contributed by atoms with van der Waals surface area (Å²) in [7, 11) is 1.92. The van der Waals surface area contributed by atoms with Crippen molar-refractivity contribution in [1.82, 2.24) is 14.7 Å². The summed E-state index contributed by atoms with van der Waals surface area (Å²) in [6.07, 6.45) is 2.26. The first-order chi connectivity index (χ1) is 14.4. The molecule has 30 heavy (non-hydrogen) atoms. The van der Waals surface area contributed by atoms with E-state index < -0.39 is 6.09 Å². The SMILES string of the molecule is CN1C(=O)C2(CCN(C(=O)O)CC2)C[C@@H]1CCN1CCN(c2cccc(Cl)c2)CC1. The molecule has 0 radical (unpaired) electrons. The Morgan fingerprint density at radius 3 is 2.50 bits per heavy atom. The number of piperidine rings is 1. The van der Waals surface area contributed by atoms with Gasteiger partial charge < -0.3 is 19.8 Å². The minimum absolute atomic E-state index is 0.211. The number of nitrogens with zero attached hydrogens (tertiary/aromatic N) is 4. The molecule has 3 saturated heterocycles. The van der Waals surface area contributed by atoms with Gasteiger partial charge in [0, 0.05) is 69.6 Å². The van der Waals surface area contributed by atoms with Crippen molar-refractivity contribution in [2.45, 2.75) is 31.7 Å². The van der Waals surface area contributed by atoms with E-state index in [1.54, 1.807) is 0 Å². The molecule has 0 bridgehead atoms. The first-order valence-electron chi connectivity index (χ1n) is 10.9. The van der Waals surface area contributed by atoms with Crippen molar-refractivity contribution in [3.8, 4) is 0 Å². The number of hydrogen-bond acceptors (Lipinski definition) is 4. The molecule has 4 rings (SSSR count). The molecular weight excluding hydrogens is 404 g/mol. The number of carbonyl (C=O) groups is 2. The van der Waals surface area contributed by atoms with E-state index in [2.05, 4.69) is 15.9 Å². The van der Waals surface area contributed by atoms with Gasteiger partial charge in [-0.3, -0.25) is 9.69 Å². The van der Waals surface area contributed by atoms with Gasteiger partial charge in [-0.25, -0.2) is 4.79 Å². The number of amides is 2. The Labute approximate surface area is 183 Å². The van der Waals surface area contributed by atoms with Gasteiger partial charge in [0.1, 0.15) is 0 Å². The molecular formula is C22H31ClN4O3. The first-order valence-corrected chi connectivity index (χ1v) is 11.2. The van der Waals surface area contributed by atoms with Gasteiger partial charge in [-0.1, -0.05) is 17.7 Å². The molecule has 1 atom stereocenters. The number of anilines is 1. The van der Waals surface area contributed by atoms with Crippen LogP contribution in [0.5, 0.6) is 0 Å². The lowest BCUT2D eigenvalue weighted by molar-refractivity contribution is -0.137. The fourth-order valence-electron chi connectivity index (χ4n) is 5.29. The van der Waals surface area contributed by atoms with E-state index in [0.717, 1.165) is 50.6 Å². The molecule has 0 aromatic heterocycles. The van der Waals surface area contributed by atoms with Crippen LogP contribution < -0.4 is 4.90 Å². The second-order valence-corrected chi connectivity index (χ2v) is 9.36. The van der Waals surface area contributed by atoms with E-state index in [1.165, 1.54) is 10.6 Å². The fourth-order valence-corrected chi connectivity index (χ4v) is 5.47. The molecule has 1 spiro atoms. The highest BCUT2D eigenvalue weighted by Crippen LogP contribution is 2.44. The van der Waals surface area contributed by atoms with Crippen LogP contribution in [0, 0.1) is 5.41 Å². The largest absolute Gasteiger partial charge is 0.465 e. The van der Waals surface area contributed by atoms with Gasteiger partial charge in [0.25, 0.3) is 0 Å². The third kappa shape index (κ3) is 4.23. The van der Waals surface area contributed by atoms with Crippen molar-refractivity contribution in [1.29, 1.82) is 0 Å². The number of halogens is 1. The summed E-state index contributed by atoms with van der Waals surface area (Å²) < 4.78 is 0. The maximum atomic E-state index is 13.0. The Bertz CT molecular complexity index is 788. The Morgan fingerprint density at radius 2 is 1.87 bits per heavy atom. The summed E-state index contributed by atoms with van der Waals surface area (Å²) in [5.74, 6) is 0.211. The highest BCUT2D eigenvalue weighted by molar-refractivity contribution is 6.30. The van der Waals surface area contributed by atoms with Gasteiger partial charge in [-0.05, 0) is 43.9 Å². The third-order valence-corrected chi connectivity index (χ3v) is 7.50. The maximum Gasteiger partial charge on any atom is 0.407 e. The second kappa shape index (κ2) is 8.63. The molecule has 3 fully saturated rings. The zero-order chi connectivity index (χ0) is 21.3. The van der Waals surface area contributed by atoms with Crippen LogP contribution in [0.1, 0.15) is 25.7 Å². The van der Waals surface area contributed by atoms with Gasteiger partial charge in [0.2, 0.25) is 5.91 Å². The van der Waals surface area contributed by atoms with Crippen molar-refractivity contribution in [3.63, 3.8) is 0 Å². The van der Waals surface area contributed by atoms with Gasteiger partial charge in [0.05, 0.1) is 5.41 Å². The second-order valence-electron chi connectivity index (χ2n) is 8.92. The topological polar surface area (TPSA) is 67.3 Å². The van der Waals surface area contributed by atoms with E-state index in [1.807, 2.05) is 30.1 Å². The predicted octanol–water partition coefficient (Wildman–Crippen LogP) is 2.84. The van der Waals surface area contributed by atoms with Crippen LogP contribution in [0.4, 0.5) is 10.5 Å². The van der Waals surface area contributed by atoms with E-state index in [4.69, 9.17) is 11.6 Å². The molecule has 0 unspecified atom stereocenters. The molecule has 164 valence electrons. The summed E-state index contributed by atoms with van der Waals surface area (Å²) >= 11 is 6.12. The zero-order valence-electron chi connectivity index (χ0n) is 17.6. The molecule has 0 saturated carbocycles. The molecule has 3 aliphatic heterocycles. The lowest BCUT2D eigenvalue weighted by atomic mass is 9.76. The fraction of sp³-hybridized carbons (Fsp3) is 0.636. The average molecular weight is 435 g/mol. The summed E-state index contributed by atoms with van der Waals surface area (Å²) in [6, 6.07) is 8.27. The van der Waals surface area contributed by atoms with Crippen molar-refractivity contribution >= 4 is 29.3 Å². The highest BCUT2D eigenvalue weighted by atomic mass is 35.5. The number of piperazine rings is 1. The normalized spacial score (nSPS) is 24.7. The van der Waals surface area contributed by atoms with Crippen molar-refractivity contribution < 1.29 is 14.7 Å². The summed E-state index contributed by atoms with van der Waals surface area (Å²) in [5, 5.41) is 9.96. The maximum absolute atomic E-state index is 13.0. The van der Waals surface area contributed by atoms with Crippen LogP contribution >= 0.6 is 11.6 Å². The van der Waals surface area contributed by atoms with Crippen LogP contribution in [-0.2, 0) is 4.79 Å². The molecule has 2 amide bonds. The van der Waals surface area contributed by atoms with Gasteiger partial charge in [-0.2, -0.15) is 0 Å². The molecule has 3 aliphatic rings. The Kier molecular flexibility index (Phi) is 6.11. The summed E-state index contributed by atoms with van der Waals surface area (Å²) in [6.45, 7) is 5.90. The van der Waals surface area contributed by atoms with Crippen LogP contribution in [-0.4, -0.2) is 90.7 Å².